The van der Waals surface area contributed by atoms with Crippen LogP contribution in [-0.4, -0.2) is 46.1 Å². The first-order valence-electron chi connectivity index (χ1n) is 9.24. The van der Waals surface area contributed by atoms with Crippen molar-refractivity contribution in [3.8, 4) is 11.4 Å². The lowest BCUT2D eigenvalue weighted by Crippen LogP contribution is -2.45. The van der Waals surface area contributed by atoms with Gasteiger partial charge in [0, 0.05) is 43.3 Å². The van der Waals surface area contributed by atoms with Crippen molar-refractivity contribution < 1.29 is 4.52 Å². The van der Waals surface area contributed by atoms with Crippen LogP contribution in [0.2, 0.25) is 5.02 Å². The van der Waals surface area contributed by atoms with Gasteiger partial charge in [0.25, 0.3) is 0 Å². The van der Waals surface area contributed by atoms with Gasteiger partial charge in [-0.15, -0.1) is 0 Å². The van der Waals surface area contributed by atoms with Crippen molar-refractivity contribution in [1.29, 1.82) is 0 Å². The van der Waals surface area contributed by atoms with E-state index in [-0.39, 0.29) is 0 Å². The summed E-state index contributed by atoms with van der Waals surface area (Å²) in [7, 11) is 0. The lowest BCUT2D eigenvalue weighted by molar-refractivity contribution is 0.112. The van der Waals surface area contributed by atoms with Gasteiger partial charge in [0.05, 0.1) is 6.54 Å². The van der Waals surface area contributed by atoms with Gasteiger partial charge in [0.2, 0.25) is 11.7 Å². The maximum absolute atomic E-state index is 5.93. The van der Waals surface area contributed by atoms with E-state index in [0.29, 0.717) is 23.3 Å². The topological polar surface area (TPSA) is 45.4 Å². The molecule has 0 radical (unpaired) electrons. The molecule has 0 saturated carbocycles. The fourth-order valence-electron chi connectivity index (χ4n) is 3.40. The van der Waals surface area contributed by atoms with Crippen molar-refractivity contribution in [2.24, 2.45) is 0 Å². The molecule has 0 unspecified atom stereocenters. The summed E-state index contributed by atoms with van der Waals surface area (Å²) in [6.07, 6.45) is 0. The van der Waals surface area contributed by atoms with Gasteiger partial charge in [-0.1, -0.05) is 46.6 Å². The number of hydrogen-bond donors (Lipinski definition) is 0. The highest BCUT2D eigenvalue weighted by atomic mass is 35.5. The van der Waals surface area contributed by atoms with Crippen LogP contribution >= 0.6 is 11.6 Å². The van der Waals surface area contributed by atoms with Gasteiger partial charge in [-0.2, -0.15) is 4.98 Å². The second-order valence-corrected chi connectivity index (χ2v) is 7.50. The van der Waals surface area contributed by atoms with Gasteiger partial charge in [0.1, 0.15) is 0 Å². The highest BCUT2D eigenvalue weighted by molar-refractivity contribution is 6.30. The van der Waals surface area contributed by atoms with Crippen molar-refractivity contribution in [3.63, 3.8) is 0 Å². The molecule has 0 bridgehead atoms. The van der Waals surface area contributed by atoms with Gasteiger partial charge in [-0.25, -0.2) is 0 Å². The molecule has 27 heavy (non-hydrogen) atoms. The van der Waals surface area contributed by atoms with Crippen LogP contribution in [0.1, 0.15) is 17.0 Å². The Morgan fingerprint density at radius 3 is 2.37 bits per heavy atom. The molecule has 1 aliphatic rings. The second kappa shape index (κ2) is 8.21. The normalized spacial score (nSPS) is 15.9. The Morgan fingerprint density at radius 2 is 1.67 bits per heavy atom. The van der Waals surface area contributed by atoms with Gasteiger partial charge in [0.15, 0.2) is 0 Å². The van der Waals surface area contributed by atoms with E-state index < -0.39 is 0 Å². The smallest absolute Gasteiger partial charge is 0.241 e. The first-order chi connectivity index (χ1) is 13.2. The summed E-state index contributed by atoms with van der Waals surface area (Å²) >= 11 is 5.93. The predicted molar refractivity (Wildman–Crippen MR) is 106 cm³/mol. The van der Waals surface area contributed by atoms with Crippen molar-refractivity contribution in [2.45, 2.75) is 20.0 Å². The highest BCUT2D eigenvalue weighted by Crippen LogP contribution is 2.19. The quantitative estimate of drug-likeness (QED) is 0.667. The first kappa shape index (κ1) is 18.2. The second-order valence-electron chi connectivity index (χ2n) is 7.06. The Kier molecular flexibility index (Phi) is 5.53. The van der Waals surface area contributed by atoms with E-state index in [0.717, 1.165) is 38.3 Å². The average Bonchev–Trinajstić information content (AvgIpc) is 3.12. The molecule has 0 spiro atoms. The minimum atomic E-state index is 0.611. The molecule has 1 saturated heterocycles. The molecule has 1 fully saturated rings. The zero-order chi connectivity index (χ0) is 18.6. The van der Waals surface area contributed by atoms with Crippen LogP contribution in [0.25, 0.3) is 11.4 Å². The molecule has 2 aromatic carbocycles. The summed E-state index contributed by atoms with van der Waals surface area (Å²) in [5.41, 5.74) is 3.62. The molecular weight excluding hydrogens is 360 g/mol. The molecule has 140 valence electrons. The summed E-state index contributed by atoms with van der Waals surface area (Å²) in [5, 5.41) is 4.79. The minimum Gasteiger partial charge on any atom is -0.338 e. The first-order valence-corrected chi connectivity index (χ1v) is 9.62. The van der Waals surface area contributed by atoms with Gasteiger partial charge < -0.3 is 4.52 Å². The fourth-order valence-corrected chi connectivity index (χ4v) is 3.53. The number of benzene rings is 2. The minimum absolute atomic E-state index is 0.611. The lowest BCUT2D eigenvalue weighted by atomic mass is 10.1. The van der Waals surface area contributed by atoms with Crippen molar-refractivity contribution in [3.05, 3.63) is 70.6 Å². The maximum atomic E-state index is 5.93. The fraction of sp³-hybridized carbons (Fsp3) is 0.333. The largest absolute Gasteiger partial charge is 0.338 e. The van der Waals surface area contributed by atoms with E-state index in [2.05, 4.69) is 51.1 Å². The van der Waals surface area contributed by atoms with Crippen molar-refractivity contribution >= 4 is 11.6 Å². The number of halogens is 1. The van der Waals surface area contributed by atoms with E-state index in [1.807, 2.05) is 24.3 Å². The van der Waals surface area contributed by atoms with E-state index in [4.69, 9.17) is 16.1 Å². The van der Waals surface area contributed by atoms with Crippen LogP contribution in [0, 0.1) is 6.92 Å². The molecule has 3 aromatic rings. The molecular formula is C21H23ClN4O. The predicted octanol–water partition coefficient (Wildman–Crippen LogP) is 4.02. The summed E-state index contributed by atoms with van der Waals surface area (Å²) < 4.78 is 5.44. The SMILES string of the molecule is Cc1cccc(CN2CCN(Cc3nc(-c4ccc(Cl)cc4)no3)CC2)c1. The van der Waals surface area contributed by atoms with Gasteiger partial charge in [-0.3, -0.25) is 9.80 Å². The Balaban J connectivity index is 1.30. The highest BCUT2D eigenvalue weighted by Gasteiger charge is 2.19. The van der Waals surface area contributed by atoms with Crippen molar-refractivity contribution in [1.82, 2.24) is 19.9 Å². The molecule has 0 amide bonds. The third-order valence-electron chi connectivity index (χ3n) is 4.88. The molecule has 0 N–H and O–H groups in total. The molecule has 6 heteroatoms. The van der Waals surface area contributed by atoms with Crippen LogP contribution in [0.4, 0.5) is 0 Å². The van der Waals surface area contributed by atoms with E-state index in [1.54, 1.807) is 0 Å². The van der Waals surface area contributed by atoms with E-state index in [9.17, 15) is 0 Å². The monoisotopic (exact) mass is 382 g/mol. The average molecular weight is 383 g/mol. The van der Waals surface area contributed by atoms with Crippen LogP contribution in [0.3, 0.4) is 0 Å². The number of aromatic nitrogens is 2. The number of hydrogen-bond acceptors (Lipinski definition) is 5. The zero-order valence-corrected chi connectivity index (χ0v) is 16.2. The third-order valence-corrected chi connectivity index (χ3v) is 5.13. The third kappa shape index (κ3) is 4.75. The zero-order valence-electron chi connectivity index (χ0n) is 15.4. The Labute approximate surface area is 164 Å². The summed E-state index contributed by atoms with van der Waals surface area (Å²) in [5.74, 6) is 1.27. The van der Waals surface area contributed by atoms with Crippen molar-refractivity contribution in [2.75, 3.05) is 26.2 Å². The van der Waals surface area contributed by atoms with Crippen LogP contribution in [0.5, 0.6) is 0 Å². The van der Waals surface area contributed by atoms with E-state index >= 15 is 0 Å². The number of aryl methyl sites for hydroxylation is 1. The molecule has 0 atom stereocenters. The lowest BCUT2D eigenvalue weighted by Gasteiger charge is -2.33. The van der Waals surface area contributed by atoms with E-state index in [1.165, 1.54) is 11.1 Å². The summed E-state index contributed by atoms with van der Waals surface area (Å²) in [4.78, 5) is 9.39. The maximum Gasteiger partial charge on any atom is 0.241 e. The molecule has 1 aromatic heterocycles. The van der Waals surface area contributed by atoms with Gasteiger partial charge >= 0.3 is 0 Å². The van der Waals surface area contributed by atoms with Crippen LogP contribution in [0.15, 0.2) is 53.1 Å². The Morgan fingerprint density at radius 1 is 0.963 bits per heavy atom. The molecule has 0 aliphatic carbocycles. The van der Waals surface area contributed by atoms with Crippen LogP contribution in [-0.2, 0) is 13.1 Å². The number of rotatable bonds is 5. The molecule has 4 rings (SSSR count). The van der Waals surface area contributed by atoms with Gasteiger partial charge in [-0.05, 0) is 36.8 Å². The number of piperazine rings is 1. The molecule has 2 heterocycles. The van der Waals surface area contributed by atoms with Crippen LogP contribution < -0.4 is 0 Å². The standard InChI is InChI=1S/C21H23ClN4O/c1-16-3-2-4-17(13-16)14-25-9-11-26(12-10-25)15-20-23-21(24-27-20)18-5-7-19(22)8-6-18/h2-8,13H,9-12,14-15H2,1H3. The summed E-state index contributed by atoms with van der Waals surface area (Å²) in [6.45, 7) is 7.95. The molecule has 5 nitrogen and oxygen atoms in total. The molecule has 1 aliphatic heterocycles. The Hall–Kier alpha value is -2.21. The number of nitrogens with zero attached hydrogens (tertiary/aromatic N) is 4. The Bertz CT molecular complexity index is 885. The summed E-state index contributed by atoms with van der Waals surface area (Å²) in [6, 6.07) is 16.2.